The van der Waals surface area contributed by atoms with Gasteiger partial charge in [-0.25, -0.2) is 0 Å². The van der Waals surface area contributed by atoms with Crippen LogP contribution in [-0.2, 0) is 4.79 Å². The maximum Gasteiger partial charge on any atom is 0.254 e. The van der Waals surface area contributed by atoms with E-state index in [1.165, 1.54) is 5.56 Å². The van der Waals surface area contributed by atoms with Crippen molar-refractivity contribution < 1.29 is 9.59 Å². The van der Waals surface area contributed by atoms with Crippen LogP contribution < -0.4 is 5.32 Å². The van der Waals surface area contributed by atoms with Crippen molar-refractivity contribution in [1.29, 1.82) is 5.26 Å². The Kier molecular flexibility index (Phi) is 5.81. The van der Waals surface area contributed by atoms with Gasteiger partial charge in [-0.2, -0.15) is 5.26 Å². The highest BCUT2D eigenvalue weighted by Gasteiger charge is 2.34. The molecule has 0 bridgehead atoms. The summed E-state index contributed by atoms with van der Waals surface area (Å²) in [5, 5.41) is 12.0. The van der Waals surface area contributed by atoms with Crippen molar-refractivity contribution in [2.24, 2.45) is 0 Å². The standard InChI is InChI=1S/C26H23N3O2/c1-18-6-2-3-9-23(18)20-11-13-22(14-12-20)28-25(30)24-10-5-15-29(24)26(31)21-8-4-7-19(16-21)17-27/h2-4,6-9,11-14,16,24H,5,10,15H2,1H3,(H,28,30)/t24-/m0/s1. The fraction of sp³-hybridized carbons (Fsp3) is 0.192. The highest BCUT2D eigenvalue weighted by molar-refractivity contribution is 6.01. The number of hydrogen-bond donors (Lipinski definition) is 1. The SMILES string of the molecule is Cc1ccccc1-c1ccc(NC(=O)[C@@H]2CCCN2C(=O)c2cccc(C#N)c2)cc1. The van der Waals surface area contributed by atoms with Crippen molar-refractivity contribution in [3.63, 3.8) is 0 Å². The number of carbonyl (C=O) groups is 2. The van der Waals surface area contributed by atoms with E-state index in [4.69, 9.17) is 5.26 Å². The summed E-state index contributed by atoms with van der Waals surface area (Å²) in [5.74, 6) is -0.407. The first-order chi connectivity index (χ1) is 15.1. The van der Waals surface area contributed by atoms with Crippen LogP contribution >= 0.6 is 0 Å². The summed E-state index contributed by atoms with van der Waals surface area (Å²) in [5.41, 5.74) is 5.01. The van der Waals surface area contributed by atoms with E-state index in [9.17, 15) is 9.59 Å². The lowest BCUT2D eigenvalue weighted by molar-refractivity contribution is -0.119. The van der Waals surface area contributed by atoms with Crippen molar-refractivity contribution in [3.8, 4) is 17.2 Å². The van der Waals surface area contributed by atoms with Crippen LogP contribution in [0.4, 0.5) is 5.69 Å². The number of nitriles is 1. The molecule has 0 unspecified atom stereocenters. The van der Waals surface area contributed by atoms with Crippen LogP contribution in [-0.4, -0.2) is 29.3 Å². The van der Waals surface area contributed by atoms with Gasteiger partial charge in [0.25, 0.3) is 5.91 Å². The van der Waals surface area contributed by atoms with Crippen molar-refractivity contribution in [1.82, 2.24) is 4.90 Å². The number of likely N-dealkylation sites (tertiary alicyclic amines) is 1. The molecule has 0 saturated carbocycles. The number of benzene rings is 3. The van der Waals surface area contributed by atoms with Gasteiger partial charge in [0.05, 0.1) is 11.6 Å². The molecule has 1 saturated heterocycles. The van der Waals surface area contributed by atoms with Crippen LogP contribution in [0.1, 0.15) is 34.3 Å². The summed E-state index contributed by atoms with van der Waals surface area (Å²) >= 11 is 0. The van der Waals surface area contributed by atoms with Crippen LogP contribution in [0.5, 0.6) is 0 Å². The molecule has 1 N–H and O–H groups in total. The van der Waals surface area contributed by atoms with Crippen LogP contribution in [0.15, 0.2) is 72.8 Å². The van der Waals surface area contributed by atoms with E-state index >= 15 is 0 Å². The Hall–Kier alpha value is -3.91. The Bertz CT molecular complexity index is 1160. The van der Waals surface area contributed by atoms with E-state index in [1.807, 2.05) is 42.5 Å². The molecule has 1 fully saturated rings. The summed E-state index contributed by atoms with van der Waals surface area (Å²) in [6.07, 6.45) is 1.39. The lowest BCUT2D eigenvalue weighted by atomic mass is 10.0. The second-order valence-electron chi connectivity index (χ2n) is 7.73. The van der Waals surface area contributed by atoms with Gasteiger partial charge in [-0.3, -0.25) is 9.59 Å². The Morgan fingerprint density at radius 1 is 1.03 bits per heavy atom. The maximum atomic E-state index is 13.0. The Morgan fingerprint density at radius 2 is 1.81 bits per heavy atom. The summed E-state index contributed by atoms with van der Waals surface area (Å²) in [6, 6.07) is 24.0. The average Bonchev–Trinajstić information content (AvgIpc) is 3.30. The van der Waals surface area contributed by atoms with Crippen molar-refractivity contribution in [2.75, 3.05) is 11.9 Å². The molecule has 2 amide bonds. The number of aryl methyl sites for hydroxylation is 1. The average molecular weight is 409 g/mol. The highest BCUT2D eigenvalue weighted by Crippen LogP contribution is 2.26. The first-order valence-electron chi connectivity index (χ1n) is 10.3. The molecule has 0 aromatic heterocycles. The minimum atomic E-state index is -0.519. The number of anilines is 1. The monoisotopic (exact) mass is 409 g/mol. The zero-order valence-electron chi connectivity index (χ0n) is 17.3. The second-order valence-corrected chi connectivity index (χ2v) is 7.73. The topological polar surface area (TPSA) is 73.2 Å². The van der Waals surface area contributed by atoms with E-state index in [0.717, 1.165) is 17.5 Å². The first-order valence-corrected chi connectivity index (χ1v) is 10.3. The van der Waals surface area contributed by atoms with Gasteiger partial charge in [0, 0.05) is 17.8 Å². The Balaban J connectivity index is 1.47. The van der Waals surface area contributed by atoms with Crippen molar-refractivity contribution in [3.05, 3.63) is 89.5 Å². The smallest absolute Gasteiger partial charge is 0.254 e. The first kappa shape index (κ1) is 20.4. The third kappa shape index (κ3) is 4.34. The zero-order valence-corrected chi connectivity index (χ0v) is 17.3. The molecule has 5 heteroatoms. The Labute approximate surface area is 181 Å². The van der Waals surface area contributed by atoms with Gasteiger partial charge in [-0.15, -0.1) is 0 Å². The summed E-state index contributed by atoms with van der Waals surface area (Å²) in [7, 11) is 0. The third-order valence-electron chi connectivity index (χ3n) is 5.66. The van der Waals surface area contributed by atoms with Gasteiger partial charge in [0.2, 0.25) is 5.91 Å². The van der Waals surface area contributed by atoms with Crippen LogP contribution in [0, 0.1) is 18.3 Å². The molecular weight excluding hydrogens is 386 g/mol. The van der Waals surface area contributed by atoms with E-state index in [-0.39, 0.29) is 11.8 Å². The Morgan fingerprint density at radius 3 is 2.55 bits per heavy atom. The molecule has 0 aliphatic carbocycles. The van der Waals surface area contributed by atoms with Gasteiger partial charge < -0.3 is 10.2 Å². The number of hydrogen-bond acceptors (Lipinski definition) is 3. The van der Waals surface area contributed by atoms with Crippen LogP contribution in [0.25, 0.3) is 11.1 Å². The lowest BCUT2D eigenvalue weighted by Crippen LogP contribution is -2.43. The second kappa shape index (κ2) is 8.85. The number of amides is 2. The molecule has 1 aliphatic rings. The summed E-state index contributed by atoms with van der Waals surface area (Å²) < 4.78 is 0. The van der Waals surface area contributed by atoms with Crippen LogP contribution in [0.3, 0.4) is 0 Å². The molecular formula is C26H23N3O2. The molecule has 3 aromatic carbocycles. The van der Waals surface area contributed by atoms with Gasteiger partial charge in [0.15, 0.2) is 0 Å². The van der Waals surface area contributed by atoms with Crippen LogP contribution in [0.2, 0.25) is 0 Å². The number of nitrogens with zero attached hydrogens (tertiary/aromatic N) is 2. The molecule has 1 aliphatic heterocycles. The maximum absolute atomic E-state index is 13.0. The van der Waals surface area contributed by atoms with Gasteiger partial charge in [-0.1, -0.05) is 42.5 Å². The molecule has 31 heavy (non-hydrogen) atoms. The molecule has 154 valence electrons. The molecule has 0 spiro atoms. The van der Waals surface area contributed by atoms with Crippen molar-refractivity contribution in [2.45, 2.75) is 25.8 Å². The fourth-order valence-electron chi connectivity index (χ4n) is 4.03. The van der Waals surface area contributed by atoms with Crippen molar-refractivity contribution >= 4 is 17.5 Å². The predicted octanol–water partition coefficient (Wildman–Crippen LogP) is 4.78. The summed E-state index contributed by atoms with van der Waals surface area (Å²) in [4.78, 5) is 27.5. The lowest BCUT2D eigenvalue weighted by Gasteiger charge is -2.24. The highest BCUT2D eigenvalue weighted by atomic mass is 16.2. The van der Waals surface area contributed by atoms with E-state index < -0.39 is 6.04 Å². The molecule has 1 heterocycles. The third-order valence-corrected chi connectivity index (χ3v) is 5.66. The largest absolute Gasteiger partial charge is 0.327 e. The van der Waals surface area contributed by atoms with Gasteiger partial charge in [0.1, 0.15) is 6.04 Å². The quantitative estimate of drug-likeness (QED) is 0.674. The molecule has 0 radical (unpaired) electrons. The van der Waals surface area contributed by atoms with E-state index in [1.54, 1.807) is 29.2 Å². The number of carbonyl (C=O) groups excluding carboxylic acids is 2. The minimum absolute atomic E-state index is 0.189. The molecule has 4 rings (SSSR count). The van der Waals surface area contributed by atoms with Gasteiger partial charge in [-0.05, 0) is 66.8 Å². The number of rotatable bonds is 4. The zero-order chi connectivity index (χ0) is 21.8. The minimum Gasteiger partial charge on any atom is -0.327 e. The fourth-order valence-corrected chi connectivity index (χ4v) is 4.03. The van der Waals surface area contributed by atoms with E-state index in [2.05, 4.69) is 24.4 Å². The van der Waals surface area contributed by atoms with E-state index in [0.29, 0.717) is 29.8 Å². The summed E-state index contributed by atoms with van der Waals surface area (Å²) in [6.45, 7) is 2.60. The normalized spacial score (nSPS) is 15.4. The number of nitrogens with one attached hydrogen (secondary N) is 1. The molecule has 1 atom stereocenters. The predicted molar refractivity (Wildman–Crippen MR) is 120 cm³/mol. The van der Waals surface area contributed by atoms with Gasteiger partial charge >= 0.3 is 0 Å². The molecule has 3 aromatic rings. The molecule has 5 nitrogen and oxygen atoms in total.